The average molecular weight is 378 g/mol. The molecular weight excluding hydrogens is 352 g/mol. The van der Waals surface area contributed by atoms with E-state index in [0.717, 1.165) is 22.3 Å². The third-order valence-electron chi connectivity index (χ3n) is 5.36. The first-order valence-electron chi connectivity index (χ1n) is 8.95. The molecule has 2 heterocycles. The zero-order valence-electron chi connectivity index (χ0n) is 15.5. The summed E-state index contributed by atoms with van der Waals surface area (Å²) in [5.41, 5.74) is 1.75. The number of hydrogen-bond acceptors (Lipinski definition) is 5. The lowest BCUT2D eigenvalue weighted by Crippen LogP contribution is -2.57. The maximum Gasteiger partial charge on any atom is 0.244 e. The second kappa shape index (κ2) is 7.04. The summed E-state index contributed by atoms with van der Waals surface area (Å²) >= 11 is 0. The number of carbonyl (C=O) groups excluding carboxylic acids is 1. The predicted octanol–water partition coefficient (Wildman–Crippen LogP) is 2.12. The van der Waals surface area contributed by atoms with Gasteiger partial charge in [0.1, 0.15) is 11.3 Å². The van der Waals surface area contributed by atoms with Crippen molar-refractivity contribution in [1.82, 2.24) is 10.2 Å². The van der Waals surface area contributed by atoms with Gasteiger partial charge in [0.2, 0.25) is 5.91 Å². The molecule has 1 aromatic carbocycles. The Balaban J connectivity index is 1.94. The lowest BCUT2D eigenvalue weighted by atomic mass is 9.95. The second-order valence-corrected chi connectivity index (χ2v) is 9.36. The van der Waals surface area contributed by atoms with Gasteiger partial charge < -0.3 is 14.6 Å². The quantitative estimate of drug-likeness (QED) is 0.862. The van der Waals surface area contributed by atoms with Gasteiger partial charge in [-0.2, -0.15) is 0 Å². The van der Waals surface area contributed by atoms with E-state index in [1.165, 1.54) is 6.26 Å². The first-order valence-corrected chi connectivity index (χ1v) is 10.8. The van der Waals surface area contributed by atoms with Crippen LogP contribution < -0.4 is 5.32 Å². The van der Waals surface area contributed by atoms with Crippen molar-refractivity contribution in [2.24, 2.45) is 0 Å². The molecule has 1 aliphatic rings. The van der Waals surface area contributed by atoms with Crippen molar-refractivity contribution in [3.05, 3.63) is 35.6 Å². The molecule has 1 aliphatic heterocycles. The summed E-state index contributed by atoms with van der Waals surface area (Å²) in [7, 11) is -1.84. The molecule has 1 saturated heterocycles. The van der Waals surface area contributed by atoms with Crippen molar-refractivity contribution in [3.8, 4) is 0 Å². The highest BCUT2D eigenvalue weighted by molar-refractivity contribution is 7.92. The van der Waals surface area contributed by atoms with Crippen LogP contribution in [0.3, 0.4) is 0 Å². The van der Waals surface area contributed by atoms with Gasteiger partial charge >= 0.3 is 0 Å². The number of aryl methyl sites for hydroxylation is 1. The molecule has 2 aromatic rings. The van der Waals surface area contributed by atoms with Gasteiger partial charge in [-0.25, -0.2) is 8.42 Å². The Morgan fingerprint density at radius 2 is 1.92 bits per heavy atom. The summed E-state index contributed by atoms with van der Waals surface area (Å²) in [4.78, 5) is 14.8. The van der Waals surface area contributed by atoms with Crippen LogP contribution in [-0.4, -0.2) is 50.4 Å². The number of benzene rings is 1. The lowest BCUT2D eigenvalue weighted by molar-refractivity contribution is -0.134. The Labute approximate surface area is 154 Å². The Morgan fingerprint density at radius 1 is 1.27 bits per heavy atom. The molecular formula is C19H26N2O4S. The number of rotatable bonds is 5. The molecule has 6 nitrogen and oxygen atoms in total. The number of furan rings is 1. The normalized spacial score (nSPS) is 17.3. The summed E-state index contributed by atoms with van der Waals surface area (Å²) in [5, 5.41) is 4.12. The van der Waals surface area contributed by atoms with E-state index in [0.29, 0.717) is 38.9 Å². The molecule has 1 N–H and O–H groups in total. The van der Waals surface area contributed by atoms with E-state index < -0.39 is 14.6 Å². The molecule has 26 heavy (non-hydrogen) atoms. The minimum Gasteiger partial charge on any atom is -0.461 e. The highest BCUT2D eigenvalue weighted by atomic mass is 32.2. The second-order valence-electron chi connectivity index (χ2n) is 7.03. The van der Waals surface area contributed by atoms with Crippen LogP contribution in [0.25, 0.3) is 11.0 Å². The summed E-state index contributed by atoms with van der Waals surface area (Å²) in [6.45, 7) is 3.40. The summed E-state index contributed by atoms with van der Waals surface area (Å²) < 4.78 is 29.6. The summed E-state index contributed by atoms with van der Waals surface area (Å²) in [6, 6.07) is 7.73. The van der Waals surface area contributed by atoms with Crippen LogP contribution >= 0.6 is 0 Å². The van der Waals surface area contributed by atoms with E-state index in [-0.39, 0.29) is 5.91 Å². The largest absolute Gasteiger partial charge is 0.461 e. The van der Waals surface area contributed by atoms with E-state index in [1.54, 1.807) is 11.9 Å². The molecule has 3 rings (SSSR count). The molecule has 0 bridgehead atoms. The standard InChI is InChI=1S/C19H26N2O4S/c1-4-16-15(14-7-5-6-8-17(14)25-16)13-21(2)18(22)19(26(3,23)24)9-11-20-12-10-19/h5-8,20H,4,9-13H2,1-3H3. The fourth-order valence-electron chi connectivity index (χ4n) is 3.84. The van der Waals surface area contributed by atoms with Crippen molar-refractivity contribution in [1.29, 1.82) is 0 Å². The number of hydrogen-bond donors (Lipinski definition) is 1. The zero-order chi connectivity index (χ0) is 18.9. The number of carbonyl (C=O) groups is 1. The third-order valence-corrected chi connectivity index (χ3v) is 7.36. The minimum absolute atomic E-state index is 0.307. The molecule has 0 aliphatic carbocycles. The number of sulfone groups is 1. The Morgan fingerprint density at radius 3 is 2.54 bits per heavy atom. The summed E-state index contributed by atoms with van der Waals surface area (Å²) in [6.07, 6.45) is 2.51. The van der Waals surface area contributed by atoms with Crippen LogP contribution in [0.4, 0.5) is 0 Å². The van der Waals surface area contributed by atoms with Crippen LogP contribution in [0.15, 0.2) is 28.7 Å². The van der Waals surface area contributed by atoms with E-state index in [9.17, 15) is 13.2 Å². The third kappa shape index (κ3) is 3.14. The van der Waals surface area contributed by atoms with Crippen molar-refractivity contribution < 1.29 is 17.6 Å². The lowest BCUT2D eigenvalue weighted by Gasteiger charge is -2.37. The molecule has 7 heteroatoms. The van der Waals surface area contributed by atoms with Gasteiger partial charge in [0, 0.05) is 37.2 Å². The Kier molecular flexibility index (Phi) is 5.12. The first kappa shape index (κ1) is 18.9. The first-order chi connectivity index (χ1) is 12.3. The van der Waals surface area contributed by atoms with Gasteiger partial charge in [-0.3, -0.25) is 4.79 Å². The van der Waals surface area contributed by atoms with E-state index in [1.807, 2.05) is 31.2 Å². The minimum atomic E-state index is -3.52. The van der Waals surface area contributed by atoms with Crippen LogP contribution in [0, 0.1) is 0 Å². The maximum absolute atomic E-state index is 13.2. The maximum atomic E-state index is 13.2. The topological polar surface area (TPSA) is 79.6 Å². The zero-order valence-corrected chi connectivity index (χ0v) is 16.4. The molecule has 1 fully saturated rings. The van der Waals surface area contributed by atoms with Crippen molar-refractivity contribution in [3.63, 3.8) is 0 Å². The van der Waals surface area contributed by atoms with Gasteiger partial charge in [0.25, 0.3) is 0 Å². The molecule has 0 atom stereocenters. The van der Waals surface area contributed by atoms with E-state index in [2.05, 4.69) is 5.32 Å². The number of fused-ring (bicyclic) bond motifs is 1. The fraction of sp³-hybridized carbons (Fsp3) is 0.526. The molecule has 142 valence electrons. The SMILES string of the molecule is CCc1oc2ccccc2c1CN(C)C(=O)C1(S(C)(=O)=O)CCNCC1. The van der Waals surface area contributed by atoms with Crippen molar-refractivity contribution in [2.45, 2.75) is 37.5 Å². The highest BCUT2D eigenvalue weighted by Gasteiger charge is 2.50. The predicted molar refractivity (Wildman–Crippen MR) is 102 cm³/mol. The van der Waals surface area contributed by atoms with Crippen LogP contribution in [0.1, 0.15) is 31.1 Å². The van der Waals surface area contributed by atoms with Crippen LogP contribution in [0.5, 0.6) is 0 Å². The summed E-state index contributed by atoms with van der Waals surface area (Å²) in [5.74, 6) is 0.512. The van der Waals surface area contributed by atoms with Crippen LogP contribution in [-0.2, 0) is 27.6 Å². The Hall–Kier alpha value is -1.86. The molecule has 0 spiro atoms. The van der Waals surface area contributed by atoms with E-state index in [4.69, 9.17) is 4.42 Å². The number of amides is 1. The van der Waals surface area contributed by atoms with E-state index >= 15 is 0 Å². The van der Waals surface area contributed by atoms with Gasteiger partial charge in [0.05, 0.1) is 0 Å². The molecule has 0 unspecified atom stereocenters. The highest BCUT2D eigenvalue weighted by Crippen LogP contribution is 2.32. The molecule has 0 saturated carbocycles. The van der Waals surface area contributed by atoms with Gasteiger partial charge in [-0.15, -0.1) is 0 Å². The van der Waals surface area contributed by atoms with Gasteiger partial charge in [-0.1, -0.05) is 25.1 Å². The molecule has 1 amide bonds. The Bertz CT molecular complexity index is 911. The van der Waals surface area contributed by atoms with Crippen molar-refractivity contribution >= 4 is 26.7 Å². The van der Waals surface area contributed by atoms with Gasteiger partial charge in [-0.05, 0) is 32.0 Å². The van der Waals surface area contributed by atoms with Crippen LogP contribution in [0.2, 0.25) is 0 Å². The molecule has 1 aromatic heterocycles. The smallest absolute Gasteiger partial charge is 0.244 e. The number of nitrogens with zero attached hydrogens (tertiary/aromatic N) is 1. The van der Waals surface area contributed by atoms with Crippen molar-refractivity contribution in [2.75, 3.05) is 26.4 Å². The number of nitrogens with one attached hydrogen (secondary N) is 1. The van der Waals surface area contributed by atoms with Gasteiger partial charge in [0.15, 0.2) is 14.6 Å². The number of para-hydroxylation sites is 1. The molecule has 0 radical (unpaired) electrons. The monoisotopic (exact) mass is 378 g/mol. The average Bonchev–Trinajstić information content (AvgIpc) is 2.98. The number of piperidine rings is 1. The fourth-order valence-corrected chi connectivity index (χ4v) is 5.26.